The third kappa shape index (κ3) is 8.99. The van der Waals surface area contributed by atoms with Crippen molar-refractivity contribution in [2.24, 2.45) is 28.5 Å². The molecule has 0 spiro atoms. The van der Waals surface area contributed by atoms with Crippen molar-refractivity contribution in [1.82, 2.24) is 10.6 Å². The highest BCUT2D eigenvalue weighted by Gasteiger charge is 2.30. The van der Waals surface area contributed by atoms with E-state index in [9.17, 15) is 14.4 Å². The smallest absolute Gasteiger partial charge is 0.251 e. The van der Waals surface area contributed by atoms with Crippen LogP contribution in [0.5, 0.6) is 0 Å². The molecule has 8 nitrogen and oxygen atoms in total. The first-order chi connectivity index (χ1) is 23.9. The molecule has 1 saturated heterocycles. The number of hydrogen-bond donors (Lipinski definition) is 4. The second kappa shape index (κ2) is 16.3. The largest absolute Gasteiger partial charge is 0.349 e. The van der Waals surface area contributed by atoms with Gasteiger partial charge < -0.3 is 21.7 Å². The Bertz CT molecular complexity index is 1680. The van der Waals surface area contributed by atoms with Gasteiger partial charge in [-0.05, 0) is 130 Å². The zero-order valence-corrected chi connectivity index (χ0v) is 28.5. The van der Waals surface area contributed by atoms with Crippen molar-refractivity contribution >= 4 is 35.2 Å². The predicted octanol–water partition coefficient (Wildman–Crippen LogP) is 6.48. The summed E-state index contributed by atoms with van der Waals surface area (Å²) < 4.78 is 0. The third-order valence-electron chi connectivity index (χ3n) is 10.5. The van der Waals surface area contributed by atoms with Gasteiger partial charge in [0.05, 0.1) is 5.70 Å². The monoisotopic (exact) mass is 659 g/mol. The van der Waals surface area contributed by atoms with Crippen molar-refractivity contribution in [3.8, 4) is 11.1 Å². The number of nitrogens with zero attached hydrogens (tertiary/aromatic N) is 1. The molecular weight excluding hydrogens is 610 g/mol. The lowest BCUT2D eigenvalue weighted by Crippen LogP contribution is -2.42. The molecular formula is C41H49N5O3. The standard InChI is InChI=1S/C41H49N5O3/c1-27-23-33(40(48)46-36-18-21-43-22-19-36)14-17-37(27)30-8-4-28(5-9-30)24-34(25-39(47)32-10-6-29(26-42)7-11-32)41(49)45-35-15-12-31(13-16-35)38-3-2-20-44-38/h3-5,8-9,12-17,20,23,29,32,34,36,43H,2,6-7,10-11,18-19,21-22,24-26,42H2,1H3,(H,45,49)(H,46,48)/t29?,32?,34-/m1/s1. The number of allylic oxidation sites excluding steroid dienone is 1. The van der Waals surface area contributed by atoms with E-state index in [1.807, 2.05) is 67.7 Å². The highest BCUT2D eigenvalue weighted by Crippen LogP contribution is 2.32. The number of Topliss-reactive ketones (excluding diaryl/α,β-unsaturated/α-hetero) is 1. The molecule has 3 aromatic rings. The van der Waals surface area contributed by atoms with Crippen molar-refractivity contribution in [1.29, 1.82) is 0 Å². The Morgan fingerprint density at radius 3 is 2.27 bits per heavy atom. The van der Waals surface area contributed by atoms with Crippen LogP contribution >= 0.6 is 0 Å². The summed E-state index contributed by atoms with van der Waals surface area (Å²) in [4.78, 5) is 44.6. The number of nitrogens with two attached hydrogens (primary N) is 1. The van der Waals surface area contributed by atoms with Gasteiger partial charge >= 0.3 is 0 Å². The SMILES string of the molecule is Cc1cc(C(=O)NC2CCNCC2)ccc1-c1ccc(C[C@H](CC(=O)C2CCC(CN)CC2)C(=O)Nc2ccc(C3=CCC=N3)cc2)cc1. The zero-order chi connectivity index (χ0) is 34.2. The van der Waals surface area contributed by atoms with E-state index in [1.54, 1.807) is 0 Å². The lowest BCUT2D eigenvalue weighted by molar-refractivity contribution is -0.129. The van der Waals surface area contributed by atoms with Gasteiger partial charge in [-0.2, -0.15) is 0 Å². The van der Waals surface area contributed by atoms with Crippen LogP contribution in [0, 0.1) is 24.7 Å². The molecule has 1 atom stereocenters. The number of aliphatic imine (C=N–C) groups is 1. The highest BCUT2D eigenvalue weighted by atomic mass is 16.2. The second-order valence-electron chi connectivity index (χ2n) is 14.0. The van der Waals surface area contributed by atoms with E-state index < -0.39 is 5.92 Å². The normalized spacial score (nSPS) is 20.0. The number of piperidine rings is 1. The van der Waals surface area contributed by atoms with Gasteiger partial charge in [0.15, 0.2) is 0 Å². The predicted molar refractivity (Wildman–Crippen MR) is 197 cm³/mol. The maximum atomic E-state index is 13.8. The summed E-state index contributed by atoms with van der Waals surface area (Å²) in [6.45, 7) is 4.56. The quantitative estimate of drug-likeness (QED) is 0.177. The summed E-state index contributed by atoms with van der Waals surface area (Å²) in [5.74, 6) is -0.00707. The zero-order valence-electron chi connectivity index (χ0n) is 28.5. The highest BCUT2D eigenvalue weighted by molar-refractivity contribution is 5.97. The molecule has 6 rings (SSSR count). The maximum Gasteiger partial charge on any atom is 0.251 e. The number of aryl methyl sites for hydroxylation is 1. The molecule has 2 aliphatic heterocycles. The van der Waals surface area contributed by atoms with Gasteiger partial charge in [0, 0.05) is 48.2 Å². The summed E-state index contributed by atoms with van der Waals surface area (Å²) in [5, 5.41) is 9.60. The van der Waals surface area contributed by atoms with Crippen LogP contribution in [0.25, 0.3) is 16.8 Å². The molecule has 5 N–H and O–H groups in total. The van der Waals surface area contributed by atoms with Crippen LogP contribution in [0.1, 0.15) is 78.4 Å². The molecule has 0 aromatic heterocycles. The van der Waals surface area contributed by atoms with E-state index in [-0.39, 0.29) is 36.0 Å². The molecule has 256 valence electrons. The molecule has 1 saturated carbocycles. The average Bonchev–Trinajstić information content (AvgIpc) is 3.68. The Balaban J connectivity index is 1.13. The number of rotatable bonds is 12. The number of carbonyl (C=O) groups excluding carboxylic acids is 3. The van der Waals surface area contributed by atoms with Crippen molar-refractivity contribution in [3.63, 3.8) is 0 Å². The average molecular weight is 660 g/mol. The van der Waals surface area contributed by atoms with E-state index >= 15 is 0 Å². The van der Waals surface area contributed by atoms with Gasteiger partial charge in [0.25, 0.3) is 5.91 Å². The van der Waals surface area contributed by atoms with Gasteiger partial charge in [-0.15, -0.1) is 0 Å². The molecule has 0 unspecified atom stereocenters. The molecule has 0 bridgehead atoms. The van der Waals surface area contributed by atoms with Crippen molar-refractivity contribution < 1.29 is 14.4 Å². The molecule has 8 heteroatoms. The van der Waals surface area contributed by atoms with Crippen LogP contribution in [-0.2, 0) is 16.0 Å². The van der Waals surface area contributed by atoms with E-state index in [0.29, 0.717) is 30.1 Å². The van der Waals surface area contributed by atoms with Crippen LogP contribution < -0.4 is 21.7 Å². The number of ketones is 1. The first kappa shape index (κ1) is 34.5. The molecule has 49 heavy (non-hydrogen) atoms. The number of carbonyl (C=O) groups is 3. The first-order valence-electron chi connectivity index (χ1n) is 17.9. The van der Waals surface area contributed by atoms with Gasteiger partial charge in [-0.25, -0.2) is 0 Å². The molecule has 3 aliphatic rings. The topological polar surface area (TPSA) is 126 Å². The Hall–Kier alpha value is -4.40. The summed E-state index contributed by atoms with van der Waals surface area (Å²) in [6, 6.07) is 22.0. The van der Waals surface area contributed by atoms with Crippen molar-refractivity contribution in [2.75, 3.05) is 25.0 Å². The molecule has 0 radical (unpaired) electrons. The Morgan fingerprint density at radius 2 is 1.61 bits per heavy atom. The van der Waals surface area contributed by atoms with Gasteiger partial charge in [0.1, 0.15) is 5.78 Å². The minimum Gasteiger partial charge on any atom is -0.349 e. The molecule has 3 aromatic carbocycles. The maximum absolute atomic E-state index is 13.8. The second-order valence-corrected chi connectivity index (χ2v) is 14.0. The molecule has 2 heterocycles. The third-order valence-corrected chi connectivity index (χ3v) is 10.5. The van der Waals surface area contributed by atoms with Crippen LogP contribution in [0.2, 0.25) is 0 Å². The van der Waals surface area contributed by atoms with Gasteiger partial charge in [0.2, 0.25) is 5.91 Å². The minimum atomic E-state index is -0.494. The van der Waals surface area contributed by atoms with Crippen LogP contribution in [0.4, 0.5) is 5.69 Å². The lowest BCUT2D eigenvalue weighted by Gasteiger charge is -2.27. The van der Waals surface area contributed by atoms with Gasteiger partial charge in [-0.3, -0.25) is 19.4 Å². The van der Waals surface area contributed by atoms with E-state index in [0.717, 1.165) is 91.5 Å². The molecule has 2 fully saturated rings. The summed E-state index contributed by atoms with van der Waals surface area (Å²) in [6.07, 6.45) is 11.0. The summed E-state index contributed by atoms with van der Waals surface area (Å²) >= 11 is 0. The number of hydrogen-bond acceptors (Lipinski definition) is 6. The fraction of sp³-hybridized carbons (Fsp3) is 0.415. The number of amides is 2. The van der Waals surface area contributed by atoms with Gasteiger partial charge in [-0.1, -0.05) is 48.5 Å². The van der Waals surface area contributed by atoms with Crippen molar-refractivity contribution in [2.45, 2.75) is 70.8 Å². The first-order valence-corrected chi connectivity index (χ1v) is 17.9. The molecule has 1 aliphatic carbocycles. The fourth-order valence-corrected chi connectivity index (χ4v) is 7.39. The Morgan fingerprint density at radius 1 is 0.898 bits per heavy atom. The molecule has 2 amide bonds. The lowest BCUT2D eigenvalue weighted by atomic mass is 9.77. The Kier molecular flexibility index (Phi) is 11.5. The van der Waals surface area contributed by atoms with Crippen LogP contribution in [-0.4, -0.2) is 49.5 Å². The Labute approximate surface area is 290 Å². The van der Waals surface area contributed by atoms with E-state index in [2.05, 4.69) is 39.2 Å². The fourth-order valence-electron chi connectivity index (χ4n) is 7.39. The van der Waals surface area contributed by atoms with E-state index in [4.69, 9.17) is 5.73 Å². The van der Waals surface area contributed by atoms with Crippen LogP contribution in [0.3, 0.4) is 0 Å². The van der Waals surface area contributed by atoms with E-state index in [1.165, 1.54) is 0 Å². The summed E-state index contributed by atoms with van der Waals surface area (Å²) in [5.41, 5.74) is 13.4. The number of benzene rings is 3. The number of nitrogens with one attached hydrogen (secondary N) is 3. The number of anilines is 1. The van der Waals surface area contributed by atoms with Crippen molar-refractivity contribution in [3.05, 3.63) is 95.1 Å². The summed E-state index contributed by atoms with van der Waals surface area (Å²) in [7, 11) is 0. The minimum absolute atomic E-state index is 0.00676. The van der Waals surface area contributed by atoms with Crippen LogP contribution in [0.15, 0.2) is 77.8 Å².